The molecule has 24 heavy (non-hydrogen) atoms. The van der Waals surface area contributed by atoms with Crippen LogP contribution in [0.1, 0.15) is 63.0 Å². The summed E-state index contributed by atoms with van der Waals surface area (Å²) in [6.45, 7) is 3.85. The topological polar surface area (TPSA) is 9.23 Å². The molecular weight excluding hydrogens is 312 g/mol. The van der Waals surface area contributed by atoms with Crippen LogP contribution >= 0.6 is 10.0 Å². The maximum absolute atomic E-state index is 5.36. The van der Waals surface area contributed by atoms with Crippen LogP contribution in [0.4, 0.5) is 0 Å². The number of hydrogen-bond donors (Lipinski definition) is 0. The normalized spacial score (nSPS) is 11.8. The second-order valence-electron chi connectivity index (χ2n) is 7.18. The van der Waals surface area contributed by atoms with Crippen LogP contribution in [0.2, 0.25) is 0 Å². The Hall–Kier alpha value is -0.910. The molecule has 2 heteroatoms. The lowest BCUT2D eigenvalue weighted by Crippen LogP contribution is -1.93. The van der Waals surface area contributed by atoms with Crippen molar-refractivity contribution in [1.29, 1.82) is 0 Å². The number of rotatable bonds is 11. The number of aryl methyl sites for hydroxylation is 1. The van der Waals surface area contributed by atoms with Crippen molar-refractivity contribution in [2.75, 3.05) is 32.0 Å². The van der Waals surface area contributed by atoms with Gasteiger partial charge in [0.2, 0.25) is 0 Å². The molecule has 0 aromatic heterocycles. The van der Waals surface area contributed by atoms with E-state index in [1.165, 1.54) is 56.9 Å². The lowest BCUT2D eigenvalue weighted by Gasteiger charge is -2.14. The van der Waals surface area contributed by atoms with Crippen LogP contribution in [-0.4, -0.2) is 32.0 Å². The average Bonchev–Trinajstić information content (AvgIpc) is 2.55. The van der Waals surface area contributed by atoms with Gasteiger partial charge in [0, 0.05) is 18.8 Å². The van der Waals surface area contributed by atoms with Crippen LogP contribution in [0.25, 0.3) is 0 Å². The third-order valence-electron chi connectivity index (χ3n) is 3.91. The van der Waals surface area contributed by atoms with Gasteiger partial charge in [-0.05, 0) is 67.9 Å². The van der Waals surface area contributed by atoms with Gasteiger partial charge >= 0.3 is 0 Å². The fourth-order valence-electron chi connectivity index (χ4n) is 2.53. The number of unbranched alkanes of at least 4 members (excludes halogenated alkanes) is 6. The summed E-state index contributed by atoms with van der Waals surface area (Å²) < 4.78 is 5.36. The van der Waals surface area contributed by atoms with Gasteiger partial charge in [-0.2, -0.15) is 10.0 Å². The summed E-state index contributed by atoms with van der Waals surface area (Å²) in [7, 11) is -0.733. The average molecular weight is 349 g/mol. The molecule has 136 valence electrons. The van der Waals surface area contributed by atoms with Crippen molar-refractivity contribution in [2.24, 2.45) is 0 Å². The lowest BCUT2D eigenvalue weighted by molar-refractivity contribution is 0.143. The van der Waals surface area contributed by atoms with Crippen molar-refractivity contribution >= 4 is 10.0 Å². The molecule has 0 fully saturated rings. The molecule has 0 aliphatic carbocycles. The molecule has 0 saturated carbocycles. The van der Waals surface area contributed by atoms with E-state index in [9.17, 15) is 0 Å². The Morgan fingerprint density at radius 1 is 0.833 bits per heavy atom. The fourth-order valence-corrected chi connectivity index (χ4v) is 2.95. The molecule has 0 spiro atoms. The van der Waals surface area contributed by atoms with E-state index >= 15 is 0 Å². The minimum absolute atomic E-state index is 0.733. The molecular formula is C22H36OS. The van der Waals surface area contributed by atoms with E-state index in [4.69, 9.17) is 4.74 Å². The van der Waals surface area contributed by atoms with Crippen LogP contribution < -0.4 is 0 Å². The number of hydrogen-bond acceptors (Lipinski definition) is 1. The SMILES string of the molecule is CCOCCCCCCCCCc1ccc(C#CS(C)(C)C)cc1. The highest BCUT2D eigenvalue weighted by Gasteiger charge is 1.98. The Kier molecular flexibility index (Phi) is 11.0. The Morgan fingerprint density at radius 3 is 2.00 bits per heavy atom. The van der Waals surface area contributed by atoms with E-state index in [-0.39, 0.29) is 0 Å². The monoisotopic (exact) mass is 348 g/mol. The van der Waals surface area contributed by atoms with Crippen LogP contribution in [0.3, 0.4) is 0 Å². The van der Waals surface area contributed by atoms with E-state index in [1.807, 2.05) is 0 Å². The molecule has 1 rings (SSSR count). The molecule has 0 N–H and O–H groups in total. The van der Waals surface area contributed by atoms with Gasteiger partial charge in [0.25, 0.3) is 0 Å². The minimum Gasteiger partial charge on any atom is -0.382 e. The smallest absolute Gasteiger partial charge is 0.0465 e. The largest absolute Gasteiger partial charge is 0.382 e. The molecule has 0 heterocycles. The number of benzene rings is 1. The van der Waals surface area contributed by atoms with Gasteiger partial charge in [-0.1, -0.05) is 50.2 Å². The van der Waals surface area contributed by atoms with Gasteiger partial charge in [0.05, 0.1) is 0 Å². The summed E-state index contributed by atoms with van der Waals surface area (Å²) in [5.41, 5.74) is 2.59. The van der Waals surface area contributed by atoms with E-state index in [0.717, 1.165) is 18.8 Å². The highest BCUT2D eigenvalue weighted by molar-refractivity contribution is 8.35. The van der Waals surface area contributed by atoms with Crippen molar-refractivity contribution in [3.8, 4) is 11.2 Å². The molecule has 1 nitrogen and oxygen atoms in total. The zero-order valence-corrected chi connectivity index (χ0v) is 17.0. The van der Waals surface area contributed by atoms with Gasteiger partial charge in [-0.25, -0.2) is 0 Å². The number of ether oxygens (including phenoxy) is 1. The van der Waals surface area contributed by atoms with Gasteiger partial charge in [0.1, 0.15) is 0 Å². The molecule has 1 aromatic rings. The first-order valence-corrected chi connectivity index (χ1v) is 12.2. The van der Waals surface area contributed by atoms with Crippen LogP contribution in [0, 0.1) is 11.2 Å². The molecule has 0 unspecified atom stereocenters. The molecule has 0 aliphatic rings. The van der Waals surface area contributed by atoms with Crippen LogP contribution in [0.5, 0.6) is 0 Å². The summed E-state index contributed by atoms with van der Waals surface area (Å²) >= 11 is 0. The Bertz CT molecular complexity index is 487. The maximum Gasteiger partial charge on any atom is 0.0465 e. The molecule has 0 bridgehead atoms. The summed E-state index contributed by atoms with van der Waals surface area (Å²) in [5, 5.41) is 3.37. The summed E-state index contributed by atoms with van der Waals surface area (Å²) in [4.78, 5) is 0. The predicted molar refractivity (Wildman–Crippen MR) is 111 cm³/mol. The van der Waals surface area contributed by atoms with E-state index in [1.54, 1.807) is 0 Å². The fraction of sp³-hybridized carbons (Fsp3) is 0.636. The zero-order chi connectivity index (χ0) is 17.7. The maximum atomic E-state index is 5.36. The highest BCUT2D eigenvalue weighted by Crippen LogP contribution is 2.32. The van der Waals surface area contributed by atoms with Gasteiger partial charge < -0.3 is 4.74 Å². The second kappa shape index (κ2) is 12.5. The zero-order valence-electron chi connectivity index (χ0n) is 16.2. The minimum atomic E-state index is -0.733. The van der Waals surface area contributed by atoms with Crippen molar-refractivity contribution in [2.45, 2.75) is 58.3 Å². The summed E-state index contributed by atoms with van der Waals surface area (Å²) in [6.07, 6.45) is 17.2. The van der Waals surface area contributed by atoms with Crippen LogP contribution in [-0.2, 0) is 11.2 Å². The Balaban J connectivity index is 2.10. The molecule has 0 aliphatic heterocycles. The van der Waals surface area contributed by atoms with E-state index < -0.39 is 10.0 Å². The molecule has 1 aromatic carbocycles. The molecule has 0 saturated heterocycles. The standard InChI is InChI=1S/C22H36OS/c1-5-23-19-12-10-8-6-7-9-11-13-21-14-16-22(17-15-21)18-20-24(2,3)4/h14-17H,5-13,19H2,1-4H3. The molecule has 0 atom stereocenters. The van der Waals surface area contributed by atoms with Crippen molar-refractivity contribution in [3.05, 3.63) is 35.4 Å². The first-order valence-electron chi connectivity index (χ1n) is 9.39. The third-order valence-corrected chi connectivity index (χ3v) is 4.63. The summed E-state index contributed by atoms with van der Waals surface area (Å²) in [6, 6.07) is 8.84. The molecule has 0 radical (unpaired) electrons. The second-order valence-corrected chi connectivity index (χ2v) is 11.1. The first kappa shape index (κ1) is 21.1. The van der Waals surface area contributed by atoms with Crippen molar-refractivity contribution in [1.82, 2.24) is 0 Å². The van der Waals surface area contributed by atoms with Crippen molar-refractivity contribution in [3.63, 3.8) is 0 Å². The van der Waals surface area contributed by atoms with Gasteiger partial charge in [-0.3, -0.25) is 0 Å². The first-order chi connectivity index (χ1) is 11.5. The van der Waals surface area contributed by atoms with Crippen LogP contribution in [0.15, 0.2) is 24.3 Å². The highest BCUT2D eigenvalue weighted by atomic mass is 32.3. The third kappa shape index (κ3) is 11.6. The lowest BCUT2D eigenvalue weighted by atomic mass is 10.0. The Morgan fingerprint density at radius 2 is 1.42 bits per heavy atom. The Labute approximate surface area is 151 Å². The summed E-state index contributed by atoms with van der Waals surface area (Å²) in [5.74, 6) is 3.30. The predicted octanol–water partition coefficient (Wildman–Crippen LogP) is 6.00. The van der Waals surface area contributed by atoms with E-state index in [2.05, 4.69) is 61.1 Å². The van der Waals surface area contributed by atoms with E-state index in [0.29, 0.717) is 0 Å². The quantitative estimate of drug-likeness (QED) is 0.352. The van der Waals surface area contributed by atoms with Gasteiger partial charge in [0.15, 0.2) is 0 Å². The van der Waals surface area contributed by atoms with Crippen molar-refractivity contribution < 1.29 is 4.74 Å². The molecule has 0 amide bonds. The van der Waals surface area contributed by atoms with Gasteiger partial charge in [-0.15, -0.1) is 0 Å².